The van der Waals surface area contributed by atoms with Crippen LogP contribution in [0.15, 0.2) is 96.9 Å². The van der Waals surface area contributed by atoms with E-state index < -0.39 is 0 Å². The van der Waals surface area contributed by atoms with Crippen LogP contribution in [0.5, 0.6) is 0 Å². The topological polar surface area (TPSA) is 27.8 Å². The highest BCUT2D eigenvalue weighted by Gasteiger charge is 2.02. The summed E-state index contributed by atoms with van der Waals surface area (Å²) in [6.45, 7) is 14.2. The zero-order valence-corrected chi connectivity index (χ0v) is 16.0. The zero-order chi connectivity index (χ0) is 18.9. The monoisotopic (exact) mass is 344 g/mol. The Morgan fingerprint density at radius 2 is 2.00 bits per heavy atom. The largest absolute Gasteiger partial charge is 0.361 e. The molecule has 0 unspecified atom stereocenters. The first kappa shape index (κ1) is 19.3. The molecular weight excluding hydrogens is 316 g/mol. The minimum atomic E-state index is 0.974. The minimum Gasteiger partial charge on any atom is -0.361 e. The highest BCUT2D eigenvalue weighted by atomic mass is 14.8. The lowest BCUT2D eigenvalue weighted by Crippen LogP contribution is -1.92. The lowest BCUT2D eigenvalue weighted by atomic mass is 10.1. The smallest absolute Gasteiger partial charge is 0.0458 e. The van der Waals surface area contributed by atoms with Gasteiger partial charge < -0.3 is 10.3 Å². The van der Waals surface area contributed by atoms with Crippen LogP contribution in [0.2, 0.25) is 0 Å². The Morgan fingerprint density at radius 3 is 2.73 bits per heavy atom. The van der Waals surface area contributed by atoms with Gasteiger partial charge in [-0.2, -0.15) is 0 Å². The van der Waals surface area contributed by atoms with Crippen LogP contribution in [0.3, 0.4) is 0 Å². The van der Waals surface area contributed by atoms with Crippen molar-refractivity contribution < 1.29 is 0 Å². The predicted octanol–water partition coefficient (Wildman–Crippen LogP) is 6.98. The molecule has 2 N–H and O–H groups in total. The van der Waals surface area contributed by atoms with Gasteiger partial charge in [0.1, 0.15) is 0 Å². The van der Waals surface area contributed by atoms with Gasteiger partial charge in [0, 0.05) is 29.0 Å². The van der Waals surface area contributed by atoms with Gasteiger partial charge in [-0.05, 0) is 49.6 Å². The van der Waals surface area contributed by atoms with E-state index in [4.69, 9.17) is 0 Å². The summed E-state index contributed by atoms with van der Waals surface area (Å²) in [6.07, 6.45) is 17.1. The molecule has 0 bridgehead atoms. The second-order valence-electron chi connectivity index (χ2n) is 6.28. The van der Waals surface area contributed by atoms with Crippen molar-refractivity contribution in [3.05, 3.63) is 102 Å². The number of aromatic nitrogens is 1. The van der Waals surface area contributed by atoms with Crippen molar-refractivity contribution >= 4 is 16.6 Å². The number of hydrogen-bond acceptors (Lipinski definition) is 1. The maximum Gasteiger partial charge on any atom is 0.0458 e. The fourth-order valence-electron chi connectivity index (χ4n) is 2.51. The van der Waals surface area contributed by atoms with Crippen LogP contribution in [-0.4, -0.2) is 4.98 Å². The van der Waals surface area contributed by atoms with Crippen LogP contribution in [0.1, 0.15) is 25.8 Å². The van der Waals surface area contributed by atoms with E-state index in [0.29, 0.717) is 0 Å². The molecule has 1 aromatic carbocycles. The summed E-state index contributed by atoms with van der Waals surface area (Å²) in [6, 6.07) is 6.28. The van der Waals surface area contributed by atoms with Crippen LogP contribution in [0.4, 0.5) is 5.69 Å². The van der Waals surface area contributed by atoms with E-state index in [1.165, 1.54) is 16.5 Å². The molecule has 0 atom stereocenters. The Kier molecular flexibility index (Phi) is 7.04. The molecule has 26 heavy (non-hydrogen) atoms. The van der Waals surface area contributed by atoms with E-state index in [1.54, 1.807) is 0 Å². The highest BCUT2D eigenvalue weighted by molar-refractivity contribution is 5.87. The molecule has 2 aromatic rings. The normalized spacial score (nSPS) is 13.0. The number of benzene rings is 1. The highest BCUT2D eigenvalue weighted by Crippen LogP contribution is 2.24. The van der Waals surface area contributed by atoms with Crippen LogP contribution < -0.4 is 5.32 Å². The Bertz CT molecular complexity index is 901. The van der Waals surface area contributed by atoms with Gasteiger partial charge in [0.25, 0.3) is 0 Å². The van der Waals surface area contributed by atoms with Gasteiger partial charge in [0.05, 0.1) is 0 Å². The zero-order valence-electron chi connectivity index (χ0n) is 16.0. The predicted molar refractivity (Wildman–Crippen MR) is 116 cm³/mol. The van der Waals surface area contributed by atoms with Crippen LogP contribution in [0, 0.1) is 6.92 Å². The van der Waals surface area contributed by atoms with Crippen molar-refractivity contribution in [3.8, 4) is 0 Å². The number of fused-ring (bicyclic) bond motifs is 1. The summed E-state index contributed by atoms with van der Waals surface area (Å²) in [5, 5.41) is 4.63. The Morgan fingerprint density at radius 1 is 1.19 bits per heavy atom. The molecule has 0 spiro atoms. The van der Waals surface area contributed by atoms with Gasteiger partial charge in [0.15, 0.2) is 0 Å². The number of hydrogen-bond donors (Lipinski definition) is 2. The molecule has 1 heterocycles. The van der Waals surface area contributed by atoms with E-state index in [-0.39, 0.29) is 0 Å². The van der Waals surface area contributed by atoms with E-state index in [1.807, 2.05) is 30.6 Å². The molecule has 2 rings (SSSR count). The van der Waals surface area contributed by atoms with Gasteiger partial charge in [-0.15, -0.1) is 0 Å². The molecule has 0 aliphatic rings. The lowest BCUT2D eigenvalue weighted by molar-refractivity contribution is 1.16. The van der Waals surface area contributed by atoms with Crippen molar-refractivity contribution in [1.29, 1.82) is 0 Å². The van der Waals surface area contributed by atoms with Gasteiger partial charge >= 0.3 is 0 Å². The second-order valence-corrected chi connectivity index (χ2v) is 6.28. The molecule has 1 aromatic heterocycles. The first-order valence-electron chi connectivity index (χ1n) is 8.91. The van der Waals surface area contributed by atoms with Crippen LogP contribution in [0.25, 0.3) is 10.9 Å². The third kappa shape index (κ3) is 5.25. The molecule has 0 amide bonds. The second kappa shape index (κ2) is 9.47. The Hall–Kier alpha value is -3.00. The van der Waals surface area contributed by atoms with Gasteiger partial charge in [-0.3, -0.25) is 0 Å². The van der Waals surface area contributed by atoms with E-state index in [9.17, 15) is 0 Å². The summed E-state index contributed by atoms with van der Waals surface area (Å²) in [4.78, 5) is 3.24. The summed E-state index contributed by atoms with van der Waals surface area (Å²) in [5.74, 6) is 0. The number of nitrogens with one attached hydrogen (secondary N) is 2. The summed E-state index contributed by atoms with van der Waals surface area (Å²) in [7, 11) is 0. The molecule has 0 radical (unpaired) electrons. The fraction of sp³-hybridized carbons (Fsp3) is 0.167. The van der Waals surface area contributed by atoms with Crippen LogP contribution in [-0.2, 0) is 0 Å². The number of rotatable bonds is 8. The van der Waals surface area contributed by atoms with Crippen molar-refractivity contribution in [2.45, 2.75) is 27.2 Å². The maximum absolute atomic E-state index is 3.97. The third-order valence-corrected chi connectivity index (χ3v) is 4.32. The number of anilines is 1. The first-order valence-corrected chi connectivity index (χ1v) is 8.91. The average molecular weight is 345 g/mol. The van der Waals surface area contributed by atoms with Gasteiger partial charge in [-0.25, -0.2) is 0 Å². The van der Waals surface area contributed by atoms with Gasteiger partial charge in [-0.1, -0.05) is 67.7 Å². The molecule has 0 aliphatic heterocycles. The average Bonchev–Trinajstić information content (AvgIpc) is 3.12. The number of aryl methyl sites for hydroxylation is 1. The third-order valence-electron chi connectivity index (χ3n) is 4.32. The molecule has 2 heteroatoms. The van der Waals surface area contributed by atoms with E-state index in [2.05, 4.69) is 80.7 Å². The Balaban J connectivity index is 2.08. The molecule has 134 valence electrons. The van der Waals surface area contributed by atoms with E-state index >= 15 is 0 Å². The molecule has 0 saturated carbocycles. The minimum absolute atomic E-state index is 0.974. The van der Waals surface area contributed by atoms with Crippen molar-refractivity contribution in [3.63, 3.8) is 0 Å². The van der Waals surface area contributed by atoms with Crippen LogP contribution >= 0.6 is 0 Å². The summed E-state index contributed by atoms with van der Waals surface area (Å²) in [5.41, 5.74) is 6.79. The fourth-order valence-corrected chi connectivity index (χ4v) is 2.51. The van der Waals surface area contributed by atoms with Crippen molar-refractivity contribution in [2.24, 2.45) is 0 Å². The number of H-pyrrole nitrogens is 1. The SMILES string of the molecule is C=CC(=C/Nc1ccc2[nH]ccc2c1C)/C=C/C(C)=C/C=C\C(=C)CC. The molecule has 0 fully saturated rings. The van der Waals surface area contributed by atoms with Crippen molar-refractivity contribution in [2.75, 3.05) is 5.32 Å². The van der Waals surface area contributed by atoms with E-state index in [0.717, 1.165) is 28.8 Å². The Labute approximate surface area is 157 Å². The molecular formula is C24H28N2. The molecule has 2 nitrogen and oxygen atoms in total. The molecule has 0 aliphatic carbocycles. The summed E-state index contributed by atoms with van der Waals surface area (Å²) < 4.78 is 0. The van der Waals surface area contributed by atoms with Gasteiger partial charge in [0.2, 0.25) is 0 Å². The summed E-state index contributed by atoms with van der Waals surface area (Å²) >= 11 is 0. The maximum atomic E-state index is 3.97. The quantitative estimate of drug-likeness (QED) is 0.497. The molecule has 0 saturated heterocycles. The lowest BCUT2D eigenvalue weighted by Gasteiger charge is -2.07. The standard InChI is InChI=1S/C24H28N2/c1-6-18(3)9-8-10-19(4)11-12-21(7-2)17-26-23-13-14-24-22(20(23)5)15-16-25-24/h7-17,25-26H,2-3,6H2,1,4-5H3/b9-8-,12-11+,19-10+,21-17-. The number of aromatic amines is 1. The van der Waals surface area contributed by atoms with Crippen molar-refractivity contribution in [1.82, 2.24) is 4.98 Å². The number of allylic oxidation sites excluding steroid dienone is 9. The first-order chi connectivity index (χ1) is 12.5.